The number of para-hydroxylation sites is 1. The van der Waals surface area contributed by atoms with Crippen LogP contribution in [0.5, 0.6) is 5.75 Å². The van der Waals surface area contributed by atoms with Gasteiger partial charge in [-0.2, -0.15) is 5.10 Å². The Morgan fingerprint density at radius 1 is 1.33 bits per heavy atom. The molecule has 1 amide bonds. The Hall–Kier alpha value is -2.34. The fourth-order valence-corrected chi connectivity index (χ4v) is 3.38. The van der Waals surface area contributed by atoms with Crippen molar-refractivity contribution in [3.8, 4) is 5.75 Å². The van der Waals surface area contributed by atoms with Crippen LogP contribution in [0.15, 0.2) is 36.7 Å². The lowest BCUT2D eigenvalue weighted by atomic mass is 10.0. The third-order valence-corrected chi connectivity index (χ3v) is 4.53. The highest BCUT2D eigenvalue weighted by Crippen LogP contribution is 2.32. The number of aromatic nitrogens is 2. The van der Waals surface area contributed by atoms with Crippen LogP contribution in [-0.2, 0) is 18.4 Å². The molecule has 1 saturated heterocycles. The van der Waals surface area contributed by atoms with Gasteiger partial charge in [0, 0.05) is 57.5 Å². The lowest BCUT2D eigenvalue weighted by Crippen LogP contribution is -2.49. The minimum absolute atomic E-state index is 0.00377. The molecule has 1 aromatic heterocycles. The van der Waals surface area contributed by atoms with E-state index in [1.54, 1.807) is 14.0 Å². The number of ether oxygens (including phenoxy) is 1. The molecule has 1 aliphatic heterocycles. The molecule has 3 rings (SSSR count). The molecule has 1 aliphatic rings. The van der Waals surface area contributed by atoms with Crippen LogP contribution in [0.4, 0.5) is 0 Å². The summed E-state index contributed by atoms with van der Waals surface area (Å²) in [5.41, 5.74) is 2.25. The van der Waals surface area contributed by atoms with Crippen LogP contribution >= 0.6 is 0 Å². The van der Waals surface area contributed by atoms with Gasteiger partial charge in [0.2, 0.25) is 5.91 Å². The molecule has 6 nitrogen and oxygen atoms in total. The first-order chi connectivity index (χ1) is 11.6. The predicted molar refractivity (Wildman–Crippen MR) is 91.6 cm³/mol. The number of amides is 1. The van der Waals surface area contributed by atoms with Crippen LogP contribution in [0.1, 0.15) is 24.1 Å². The number of hydrogen-bond acceptors (Lipinski definition) is 4. The van der Waals surface area contributed by atoms with Gasteiger partial charge in [0.05, 0.1) is 19.3 Å². The second-order valence-corrected chi connectivity index (χ2v) is 6.23. The van der Waals surface area contributed by atoms with Crippen molar-refractivity contribution >= 4 is 5.91 Å². The highest BCUT2D eigenvalue weighted by molar-refractivity contribution is 5.74. The van der Waals surface area contributed by atoms with E-state index < -0.39 is 0 Å². The van der Waals surface area contributed by atoms with Crippen LogP contribution in [0.25, 0.3) is 0 Å². The van der Waals surface area contributed by atoms with E-state index >= 15 is 0 Å². The minimum atomic E-state index is 0.00377. The predicted octanol–water partition coefficient (Wildman–Crippen LogP) is 1.83. The SMILES string of the molecule is COc1ccccc1C1CN(Cc2cnn(C)c2)CCN1C(C)=O. The van der Waals surface area contributed by atoms with Crippen molar-refractivity contribution in [2.24, 2.45) is 7.05 Å². The van der Waals surface area contributed by atoms with Gasteiger partial charge in [0.25, 0.3) is 0 Å². The first kappa shape index (κ1) is 16.5. The van der Waals surface area contributed by atoms with Crippen LogP contribution in [0.2, 0.25) is 0 Å². The maximum Gasteiger partial charge on any atom is 0.220 e. The molecule has 0 radical (unpaired) electrons. The largest absolute Gasteiger partial charge is 0.496 e. The molecule has 1 atom stereocenters. The maximum atomic E-state index is 12.1. The van der Waals surface area contributed by atoms with Crippen molar-refractivity contribution in [1.82, 2.24) is 19.6 Å². The van der Waals surface area contributed by atoms with Crippen molar-refractivity contribution in [2.75, 3.05) is 26.7 Å². The van der Waals surface area contributed by atoms with Crippen molar-refractivity contribution in [3.05, 3.63) is 47.8 Å². The molecule has 0 spiro atoms. The van der Waals surface area contributed by atoms with Crippen LogP contribution < -0.4 is 4.74 Å². The van der Waals surface area contributed by atoms with Gasteiger partial charge in [0.1, 0.15) is 5.75 Å². The molecule has 6 heteroatoms. The lowest BCUT2D eigenvalue weighted by molar-refractivity contribution is -0.134. The van der Waals surface area contributed by atoms with Gasteiger partial charge in [-0.25, -0.2) is 0 Å². The third kappa shape index (κ3) is 3.43. The van der Waals surface area contributed by atoms with Gasteiger partial charge < -0.3 is 9.64 Å². The van der Waals surface area contributed by atoms with Gasteiger partial charge in [0.15, 0.2) is 0 Å². The normalized spacial score (nSPS) is 18.6. The fourth-order valence-electron chi connectivity index (χ4n) is 3.38. The topological polar surface area (TPSA) is 50.6 Å². The summed E-state index contributed by atoms with van der Waals surface area (Å²) in [6.07, 6.45) is 3.94. The number of carbonyl (C=O) groups is 1. The Morgan fingerprint density at radius 2 is 2.12 bits per heavy atom. The number of aryl methyl sites for hydroxylation is 1. The zero-order chi connectivity index (χ0) is 17.1. The summed E-state index contributed by atoms with van der Waals surface area (Å²) >= 11 is 0. The molecule has 0 N–H and O–H groups in total. The molecular weight excluding hydrogens is 304 g/mol. The van der Waals surface area contributed by atoms with E-state index in [1.807, 2.05) is 53.3 Å². The Bertz CT molecular complexity index is 713. The van der Waals surface area contributed by atoms with Crippen LogP contribution in [0.3, 0.4) is 0 Å². The highest BCUT2D eigenvalue weighted by atomic mass is 16.5. The molecule has 1 fully saturated rings. The average molecular weight is 328 g/mol. The maximum absolute atomic E-state index is 12.1. The number of methoxy groups -OCH3 is 1. The molecule has 1 unspecified atom stereocenters. The summed E-state index contributed by atoms with van der Waals surface area (Å²) in [5.74, 6) is 0.934. The van der Waals surface area contributed by atoms with Crippen molar-refractivity contribution in [1.29, 1.82) is 0 Å². The Morgan fingerprint density at radius 3 is 2.79 bits per heavy atom. The highest BCUT2D eigenvalue weighted by Gasteiger charge is 2.31. The van der Waals surface area contributed by atoms with Gasteiger partial charge in [-0.1, -0.05) is 18.2 Å². The smallest absolute Gasteiger partial charge is 0.220 e. The van der Waals surface area contributed by atoms with E-state index in [0.717, 1.165) is 37.5 Å². The number of nitrogens with zero attached hydrogens (tertiary/aromatic N) is 4. The molecule has 0 bridgehead atoms. The molecule has 0 aliphatic carbocycles. The Balaban J connectivity index is 1.83. The molecule has 2 heterocycles. The standard InChI is InChI=1S/C18H24N4O2/c1-14(23)22-9-8-21(12-15-10-19-20(2)11-15)13-17(22)16-6-4-5-7-18(16)24-3/h4-7,10-11,17H,8-9,12-13H2,1-3H3. The van der Waals surface area contributed by atoms with Gasteiger partial charge >= 0.3 is 0 Å². The van der Waals surface area contributed by atoms with Gasteiger partial charge in [-0.3, -0.25) is 14.4 Å². The number of benzene rings is 1. The quantitative estimate of drug-likeness (QED) is 0.859. The van der Waals surface area contributed by atoms with Gasteiger partial charge in [-0.05, 0) is 6.07 Å². The number of piperazine rings is 1. The van der Waals surface area contributed by atoms with Crippen molar-refractivity contribution < 1.29 is 9.53 Å². The fraction of sp³-hybridized carbons (Fsp3) is 0.444. The van der Waals surface area contributed by atoms with E-state index in [1.165, 1.54) is 5.56 Å². The number of rotatable bonds is 4. The van der Waals surface area contributed by atoms with Gasteiger partial charge in [-0.15, -0.1) is 0 Å². The van der Waals surface area contributed by atoms with Crippen LogP contribution in [0, 0.1) is 0 Å². The zero-order valence-corrected chi connectivity index (χ0v) is 14.5. The summed E-state index contributed by atoms with van der Waals surface area (Å²) in [4.78, 5) is 16.4. The third-order valence-electron chi connectivity index (χ3n) is 4.53. The van der Waals surface area contributed by atoms with E-state index in [9.17, 15) is 4.79 Å². The molecular formula is C18H24N4O2. The Kier molecular flexibility index (Phi) is 4.85. The average Bonchev–Trinajstić information content (AvgIpc) is 2.99. The molecule has 0 saturated carbocycles. The summed E-state index contributed by atoms with van der Waals surface area (Å²) < 4.78 is 7.33. The Labute approximate surface area is 142 Å². The second kappa shape index (κ2) is 7.05. The summed E-state index contributed by atoms with van der Waals surface area (Å²) in [7, 11) is 3.60. The first-order valence-corrected chi connectivity index (χ1v) is 8.18. The van der Waals surface area contributed by atoms with E-state index in [0.29, 0.717) is 0 Å². The van der Waals surface area contributed by atoms with E-state index in [-0.39, 0.29) is 11.9 Å². The molecule has 24 heavy (non-hydrogen) atoms. The van der Waals surface area contributed by atoms with E-state index in [2.05, 4.69) is 10.00 Å². The zero-order valence-electron chi connectivity index (χ0n) is 14.5. The minimum Gasteiger partial charge on any atom is -0.496 e. The molecule has 1 aromatic carbocycles. The summed E-state index contributed by atoms with van der Waals surface area (Å²) in [6, 6.07) is 7.96. The van der Waals surface area contributed by atoms with Crippen LogP contribution in [-0.4, -0.2) is 52.2 Å². The number of hydrogen-bond donors (Lipinski definition) is 0. The monoisotopic (exact) mass is 328 g/mol. The van der Waals surface area contributed by atoms with Crippen molar-refractivity contribution in [3.63, 3.8) is 0 Å². The first-order valence-electron chi connectivity index (χ1n) is 8.18. The van der Waals surface area contributed by atoms with E-state index in [4.69, 9.17) is 4.74 Å². The second-order valence-electron chi connectivity index (χ2n) is 6.23. The summed E-state index contributed by atoms with van der Waals surface area (Å²) in [5, 5.41) is 4.24. The van der Waals surface area contributed by atoms with Crippen molar-refractivity contribution in [2.45, 2.75) is 19.5 Å². The lowest BCUT2D eigenvalue weighted by Gasteiger charge is -2.41. The molecule has 128 valence electrons. The summed E-state index contributed by atoms with van der Waals surface area (Å²) in [6.45, 7) is 4.84. The number of carbonyl (C=O) groups excluding carboxylic acids is 1. The molecule has 2 aromatic rings.